The molecule has 0 aliphatic heterocycles. The lowest BCUT2D eigenvalue weighted by Gasteiger charge is -2.15. The summed E-state index contributed by atoms with van der Waals surface area (Å²) in [5.41, 5.74) is -2.90. The predicted molar refractivity (Wildman–Crippen MR) is 238 cm³/mol. The number of alkyl carbamates (subject to hydrolysis) is 2. The van der Waals surface area contributed by atoms with Crippen LogP contribution in [0.4, 0.5) is 9.59 Å². The molecule has 4 N–H and O–H groups in total. The van der Waals surface area contributed by atoms with E-state index in [0.717, 1.165) is 20.1 Å². The minimum absolute atomic E-state index is 0.000911. The van der Waals surface area contributed by atoms with Gasteiger partial charge in [-0.3, -0.25) is 9.59 Å². The van der Waals surface area contributed by atoms with Crippen LogP contribution >= 0.6 is 0 Å². The van der Waals surface area contributed by atoms with E-state index in [2.05, 4.69) is 15.6 Å². The topological polar surface area (TPSA) is 247 Å². The van der Waals surface area contributed by atoms with E-state index in [4.69, 9.17) is 9.47 Å². The van der Waals surface area contributed by atoms with Crippen molar-refractivity contribution in [3.63, 3.8) is 0 Å². The zero-order chi connectivity index (χ0) is 47.1. The highest BCUT2D eigenvalue weighted by atomic mass is 16.6. The van der Waals surface area contributed by atoms with Gasteiger partial charge < -0.3 is 30.3 Å². The largest absolute Gasteiger partial charge is 0.445 e. The number of hydrogen-bond donors (Lipinski definition) is 4. The Morgan fingerprint density at radius 1 is 0.547 bits per heavy atom. The Morgan fingerprint density at radius 2 is 0.875 bits per heavy atom. The molecule has 0 unspecified atom stereocenters. The standard InChI is InChI=1S/C46H64N6O12/c1-45(2,61)38(54)36-21-17-34(18-22-36)31-63-40(56)48-26-12-6-9-15-29-51-42(58)50(28-14-8-5-11-25-47-33-53)43(59)52(44(51)60)30-16-10-7-13-27-49-41(57)64-32-35-19-23-37(24-20-35)39(55)46(3,4)62/h17-24,61-62H,5-16,25-32H2,1-4H3,(H,48,56)(H,49,57). The van der Waals surface area contributed by atoms with E-state index < -0.39 is 52.0 Å². The lowest BCUT2D eigenvalue weighted by atomic mass is 9.96. The van der Waals surface area contributed by atoms with E-state index >= 15 is 0 Å². The number of rotatable bonds is 29. The van der Waals surface area contributed by atoms with Gasteiger partial charge in [-0.2, -0.15) is 0 Å². The van der Waals surface area contributed by atoms with Gasteiger partial charge in [-0.15, -0.1) is 0 Å². The Kier molecular flexibility index (Phi) is 21.8. The van der Waals surface area contributed by atoms with Crippen LogP contribution in [0.5, 0.6) is 0 Å². The summed E-state index contributed by atoms with van der Waals surface area (Å²) in [7, 11) is 0. The number of aliphatic hydroxyl groups is 2. The Morgan fingerprint density at radius 3 is 1.20 bits per heavy atom. The second kappa shape index (κ2) is 26.6. The fourth-order valence-electron chi connectivity index (χ4n) is 6.61. The first-order chi connectivity index (χ1) is 30.4. The number of amides is 2. The van der Waals surface area contributed by atoms with Gasteiger partial charge in [0.1, 0.15) is 24.4 Å². The molecule has 0 radical (unpaired) electrons. The van der Waals surface area contributed by atoms with Crippen molar-refractivity contribution in [2.24, 2.45) is 4.99 Å². The van der Waals surface area contributed by atoms with Gasteiger partial charge in [0.05, 0.1) is 6.54 Å². The summed E-state index contributed by atoms with van der Waals surface area (Å²) in [4.78, 5) is 103. The maximum absolute atomic E-state index is 13.5. The fraction of sp³-hybridized carbons (Fsp3) is 0.565. The van der Waals surface area contributed by atoms with Gasteiger partial charge in [0, 0.05) is 43.9 Å². The first-order valence-corrected chi connectivity index (χ1v) is 22.0. The Bertz CT molecular complexity index is 2070. The maximum atomic E-state index is 13.5. The summed E-state index contributed by atoms with van der Waals surface area (Å²) in [6.07, 6.45) is 7.89. The number of benzene rings is 2. The van der Waals surface area contributed by atoms with Crippen molar-refractivity contribution in [2.45, 2.75) is 149 Å². The molecule has 0 spiro atoms. The van der Waals surface area contributed by atoms with Crippen LogP contribution < -0.4 is 27.7 Å². The van der Waals surface area contributed by atoms with Crippen LogP contribution in [0.2, 0.25) is 0 Å². The molecule has 2 aromatic carbocycles. The summed E-state index contributed by atoms with van der Waals surface area (Å²) >= 11 is 0. The number of ketones is 2. The molecule has 0 aliphatic rings. The first kappa shape index (κ1) is 52.4. The van der Waals surface area contributed by atoms with Crippen molar-refractivity contribution in [2.75, 3.05) is 19.6 Å². The Labute approximate surface area is 372 Å². The average molecular weight is 893 g/mol. The molecule has 0 bridgehead atoms. The number of nitrogens with zero attached hydrogens (tertiary/aromatic N) is 4. The quantitative estimate of drug-likeness (QED) is 0.0313. The van der Waals surface area contributed by atoms with E-state index in [1.807, 2.05) is 0 Å². The van der Waals surface area contributed by atoms with Crippen LogP contribution in [0.1, 0.15) is 137 Å². The molecule has 1 heterocycles. The van der Waals surface area contributed by atoms with E-state index in [0.29, 0.717) is 113 Å². The van der Waals surface area contributed by atoms with Gasteiger partial charge in [-0.05, 0) is 77.3 Å². The summed E-state index contributed by atoms with van der Waals surface area (Å²) in [5, 5.41) is 25.2. The minimum Gasteiger partial charge on any atom is -0.445 e. The highest BCUT2D eigenvalue weighted by Crippen LogP contribution is 2.16. The van der Waals surface area contributed by atoms with Crippen LogP contribution in [0.25, 0.3) is 0 Å². The number of hydrogen-bond acceptors (Lipinski definition) is 13. The van der Waals surface area contributed by atoms with Crippen molar-refractivity contribution in [1.82, 2.24) is 24.3 Å². The summed E-state index contributed by atoms with van der Waals surface area (Å²) in [5.74, 6) is -0.825. The zero-order valence-corrected chi connectivity index (χ0v) is 37.5. The molecule has 18 nitrogen and oxygen atoms in total. The molecule has 350 valence electrons. The number of aromatic nitrogens is 3. The average Bonchev–Trinajstić information content (AvgIpc) is 3.26. The van der Waals surface area contributed by atoms with Crippen LogP contribution in [-0.4, -0.2) is 84.6 Å². The third-order valence-electron chi connectivity index (χ3n) is 10.3. The van der Waals surface area contributed by atoms with Gasteiger partial charge >= 0.3 is 29.3 Å². The Balaban J connectivity index is 1.44. The number of isocyanates is 1. The lowest BCUT2D eigenvalue weighted by molar-refractivity contribution is 0.0487. The molecule has 64 heavy (non-hydrogen) atoms. The molecule has 0 saturated heterocycles. The maximum Gasteiger partial charge on any atom is 0.407 e. The normalized spacial score (nSPS) is 11.4. The second-order valence-electron chi connectivity index (χ2n) is 16.7. The van der Waals surface area contributed by atoms with Crippen LogP contribution in [0, 0.1) is 0 Å². The fourth-order valence-corrected chi connectivity index (χ4v) is 6.61. The smallest absolute Gasteiger partial charge is 0.407 e. The van der Waals surface area contributed by atoms with Gasteiger partial charge in [0.25, 0.3) is 0 Å². The van der Waals surface area contributed by atoms with Crippen molar-refractivity contribution in [1.29, 1.82) is 0 Å². The van der Waals surface area contributed by atoms with E-state index in [1.54, 1.807) is 48.5 Å². The molecular weight excluding hydrogens is 829 g/mol. The van der Waals surface area contributed by atoms with Gasteiger partial charge in [0.2, 0.25) is 6.08 Å². The third-order valence-corrected chi connectivity index (χ3v) is 10.3. The summed E-state index contributed by atoms with van der Waals surface area (Å²) in [6, 6.07) is 12.9. The second-order valence-corrected chi connectivity index (χ2v) is 16.7. The molecule has 18 heteroatoms. The van der Waals surface area contributed by atoms with Crippen LogP contribution in [0.3, 0.4) is 0 Å². The summed E-state index contributed by atoms with van der Waals surface area (Å²) in [6.45, 7) is 7.09. The number of nitrogens with one attached hydrogen (secondary N) is 2. The number of ether oxygens (including phenoxy) is 2. The van der Waals surface area contributed by atoms with E-state index in [1.165, 1.54) is 33.8 Å². The van der Waals surface area contributed by atoms with Gasteiger partial charge in [-0.25, -0.2) is 47.5 Å². The third kappa shape index (κ3) is 18.0. The highest BCUT2D eigenvalue weighted by molar-refractivity contribution is 6.02. The van der Waals surface area contributed by atoms with Crippen molar-refractivity contribution in [3.8, 4) is 0 Å². The molecule has 0 saturated carbocycles. The van der Waals surface area contributed by atoms with E-state index in [9.17, 15) is 48.6 Å². The van der Waals surface area contributed by atoms with Gasteiger partial charge in [0.15, 0.2) is 11.6 Å². The SMILES string of the molecule is CC(C)(O)C(=O)c1ccc(COC(=O)NCCCCCCn2c(=O)n(CCCCCCN=C=O)c(=O)n(CCCCCCNC(=O)OCc3ccc(C(=O)C(C)(C)O)cc3)c2=O)cc1. The number of Topliss-reactive ketones (excluding diaryl/α,β-unsaturated/α-hetero) is 2. The van der Waals surface area contributed by atoms with Crippen molar-refractivity contribution < 1.29 is 43.7 Å². The molecule has 0 atom stereocenters. The first-order valence-electron chi connectivity index (χ1n) is 22.0. The van der Waals surface area contributed by atoms with Crippen molar-refractivity contribution in [3.05, 3.63) is 102 Å². The van der Waals surface area contributed by atoms with Gasteiger partial charge in [-0.1, -0.05) is 87.1 Å². The zero-order valence-electron chi connectivity index (χ0n) is 37.5. The van der Waals surface area contributed by atoms with E-state index in [-0.39, 0.29) is 32.8 Å². The number of carbonyl (C=O) groups is 4. The monoisotopic (exact) mass is 892 g/mol. The predicted octanol–water partition coefficient (Wildman–Crippen LogP) is 4.95. The molecule has 0 fully saturated rings. The number of aliphatic imine (C=N–C) groups is 1. The van der Waals surface area contributed by atoms with Crippen LogP contribution in [-0.2, 0) is 47.1 Å². The highest BCUT2D eigenvalue weighted by Gasteiger charge is 2.26. The molecule has 3 aromatic rings. The molecule has 3 rings (SSSR count). The molecule has 0 aliphatic carbocycles. The molecule has 2 amide bonds. The molecule has 1 aromatic heterocycles. The Hall–Kier alpha value is -5.97. The number of carbonyl (C=O) groups excluding carboxylic acids is 5. The lowest BCUT2D eigenvalue weighted by Crippen LogP contribution is -2.54. The summed E-state index contributed by atoms with van der Waals surface area (Å²) < 4.78 is 13.9. The van der Waals surface area contributed by atoms with Crippen molar-refractivity contribution >= 4 is 29.8 Å². The minimum atomic E-state index is -1.49. The number of unbranched alkanes of at least 4 members (excludes halogenated alkanes) is 9. The molecular formula is C46H64N6O12. The van der Waals surface area contributed by atoms with Crippen LogP contribution in [0.15, 0.2) is 67.9 Å².